The maximum Gasteiger partial charge on any atom is 0.303 e. The van der Waals surface area contributed by atoms with Crippen molar-refractivity contribution in [3.05, 3.63) is 29.8 Å². The van der Waals surface area contributed by atoms with Gasteiger partial charge in [-0.3, -0.25) is 4.79 Å². The third-order valence-electron chi connectivity index (χ3n) is 3.42. The van der Waals surface area contributed by atoms with E-state index in [1.54, 1.807) is 0 Å². The number of hydrogen-bond acceptors (Lipinski definition) is 3. The molecule has 0 amide bonds. The lowest BCUT2D eigenvalue weighted by Gasteiger charge is -2.36. The maximum absolute atomic E-state index is 10.6. The van der Waals surface area contributed by atoms with Crippen LogP contribution in [0.4, 0.5) is 5.69 Å². The first-order chi connectivity index (χ1) is 8.66. The molecule has 0 aromatic heterocycles. The fourth-order valence-corrected chi connectivity index (χ4v) is 2.45. The second-order valence-electron chi connectivity index (χ2n) is 4.82. The molecule has 0 bridgehead atoms. The number of nitrogens with zero attached hydrogens (tertiary/aromatic N) is 1. The number of piperazine rings is 1. The quantitative estimate of drug-likeness (QED) is 0.850. The largest absolute Gasteiger partial charge is 0.481 e. The van der Waals surface area contributed by atoms with E-state index in [2.05, 4.69) is 35.3 Å². The number of rotatable bonds is 4. The van der Waals surface area contributed by atoms with Gasteiger partial charge in [-0.1, -0.05) is 18.2 Å². The molecule has 18 heavy (non-hydrogen) atoms. The van der Waals surface area contributed by atoms with Crippen LogP contribution in [0, 0.1) is 6.92 Å². The molecule has 0 radical (unpaired) electrons. The first kappa shape index (κ1) is 12.9. The van der Waals surface area contributed by atoms with E-state index in [1.807, 2.05) is 6.07 Å². The lowest BCUT2D eigenvalue weighted by atomic mass is 10.1. The van der Waals surface area contributed by atoms with E-state index >= 15 is 0 Å². The Morgan fingerprint density at radius 1 is 1.50 bits per heavy atom. The topological polar surface area (TPSA) is 52.6 Å². The first-order valence-electron chi connectivity index (χ1n) is 6.42. The normalized spacial score (nSPS) is 19.8. The minimum atomic E-state index is -0.718. The summed E-state index contributed by atoms with van der Waals surface area (Å²) in [6.07, 6.45) is 0.928. The highest BCUT2D eigenvalue weighted by Gasteiger charge is 2.20. The van der Waals surface area contributed by atoms with Crippen molar-refractivity contribution in [1.82, 2.24) is 5.32 Å². The number of anilines is 1. The van der Waals surface area contributed by atoms with Gasteiger partial charge in [-0.15, -0.1) is 0 Å². The highest BCUT2D eigenvalue weighted by atomic mass is 16.4. The number of hydrogen-bond donors (Lipinski definition) is 2. The molecule has 2 rings (SSSR count). The second kappa shape index (κ2) is 5.87. The highest BCUT2D eigenvalue weighted by Crippen LogP contribution is 2.21. The van der Waals surface area contributed by atoms with Crippen molar-refractivity contribution in [3.8, 4) is 0 Å². The van der Waals surface area contributed by atoms with Crippen LogP contribution in [-0.2, 0) is 4.79 Å². The van der Waals surface area contributed by atoms with E-state index in [4.69, 9.17) is 5.11 Å². The summed E-state index contributed by atoms with van der Waals surface area (Å²) in [4.78, 5) is 13.0. The molecule has 0 spiro atoms. The van der Waals surface area contributed by atoms with E-state index in [-0.39, 0.29) is 12.5 Å². The maximum atomic E-state index is 10.6. The molecule has 1 unspecified atom stereocenters. The lowest BCUT2D eigenvalue weighted by Crippen LogP contribution is -2.51. The van der Waals surface area contributed by atoms with Crippen LogP contribution in [0.25, 0.3) is 0 Å². The molecular weight excluding hydrogens is 228 g/mol. The van der Waals surface area contributed by atoms with Crippen molar-refractivity contribution in [2.75, 3.05) is 24.5 Å². The van der Waals surface area contributed by atoms with Crippen molar-refractivity contribution in [2.24, 2.45) is 0 Å². The van der Waals surface area contributed by atoms with Crippen LogP contribution in [0.2, 0.25) is 0 Å². The summed E-state index contributed by atoms with van der Waals surface area (Å²) in [5, 5.41) is 12.1. The minimum Gasteiger partial charge on any atom is -0.481 e. The molecule has 1 saturated heterocycles. The molecule has 4 heteroatoms. The van der Waals surface area contributed by atoms with Crippen LogP contribution >= 0.6 is 0 Å². The van der Waals surface area contributed by atoms with Gasteiger partial charge in [-0.25, -0.2) is 0 Å². The van der Waals surface area contributed by atoms with Gasteiger partial charge >= 0.3 is 5.97 Å². The molecule has 1 fully saturated rings. The SMILES string of the molecule is Cc1ccccc1N1CCNC(CCC(=O)O)C1. The number of carboxylic acids is 1. The number of aryl methyl sites for hydroxylation is 1. The van der Waals surface area contributed by atoms with E-state index < -0.39 is 5.97 Å². The zero-order valence-electron chi connectivity index (χ0n) is 10.7. The lowest BCUT2D eigenvalue weighted by molar-refractivity contribution is -0.137. The molecule has 1 aromatic rings. The van der Waals surface area contributed by atoms with Gasteiger partial charge < -0.3 is 15.3 Å². The van der Waals surface area contributed by atoms with E-state index in [0.717, 1.165) is 19.6 Å². The number of benzene rings is 1. The van der Waals surface area contributed by atoms with Crippen molar-refractivity contribution in [2.45, 2.75) is 25.8 Å². The van der Waals surface area contributed by atoms with Crippen LogP contribution in [0.15, 0.2) is 24.3 Å². The van der Waals surface area contributed by atoms with E-state index in [1.165, 1.54) is 11.3 Å². The number of carbonyl (C=O) groups is 1. The van der Waals surface area contributed by atoms with E-state index in [9.17, 15) is 4.79 Å². The van der Waals surface area contributed by atoms with E-state index in [0.29, 0.717) is 6.42 Å². The molecule has 1 aliphatic heterocycles. The Morgan fingerprint density at radius 2 is 2.28 bits per heavy atom. The fraction of sp³-hybridized carbons (Fsp3) is 0.500. The summed E-state index contributed by atoms with van der Waals surface area (Å²) in [7, 11) is 0. The predicted octanol–water partition coefficient (Wildman–Crippen LogP) is 1.64. The number of para-hydroxylation sites is 1. The minimum absolute atomic E-state index is 0.235. The molecule has 2 N–H and O–H groups in total. The Bertz CT molecular complexity index is 420. The molecule has 1 aromatic carbocycles. The Labute approximate surface area is 108 Å². The molecule has 0 aliphatic carbocycles. The van der Waals surface area contributed by atoms with Crippen LogP contribution in [0.3, 0.4) is 0 Å². The van der Waals surface area contributed by atoms with Crippen molar-refractivity contribution in [1.29, 1.82) is 0 Å². The first-order valence-corrected chi connectivity index (χ1v) is 6.42. The van der Waals surface area contributed by atoms with Gasteiger partial charge in [0.05, 0.1) is 0 Å². The molecular formula is C14H20N2O2. The predicted molar refractivity (Wildman–Crippen MR) is 72.1 cm³/mol. The standard InChI is InChI=1S/C14H20N2O2/c1-11-4-2-3-5-13(11)16-9-8-15-12(10-16)6-7-14(17)18/h2-5,12,15H,6-10H2,1H3,(H,17,18). The number of nitrogens with one attached hydrogen (secondary N) is 1. The molecule has 1 atom stereocenters. The summed E-state index contributed by atoms with van der Waals surface area (Å²) in [5.41, 5.74) is 2.54. The smallest absolute Gasteiger partial charge is 0.303 e. The van der Waals surface area contributed by atoms with Crippen LogP contribution in [0.5, 0.6) is 0 Å². The number of carboxylic acid groups (broad SMARTS) is 1. The van der Waals surface area contributed by atoms with Gasteiger partial charge in [-0.05, 0) is 25.0 Å². The Morgan fingerprint density at radius 3 is 3.00 bits per heavy atom. The van der Waals surface area contributed by atoms with Crippen LogP contribution in [-0.4, -0.2) is 36.8 Å². The van der Waals surface area contributed by atoms with Gasteiger partial charge in [0.2, 0.25) is 0 Å². The van der Waals surface area contributed by atoms with Gasteiger partial charge in [-0.2, -0.15) is 0 Å². The summed E-state index contributed by atoms with van der Waals surface area (Å²) < 4.78 is 0. The summed E-state index contributed by atoms with van der Waals surface area (Å²) in [6.45, 7) is 4.90. The summed E-state index contributed by atoms with van der Waals surface area (Å²) in [5.74, 6) is -0.718. The second-order valence-corrected chi connectivity index (χ2v) is 4.82. The van der Waals surface area contributed by atoms with Gasteiger partial charge in [0.15, 0.2) is 0 Å². The molecule has 4 nitrogen and oxygen atoms in total. The third kappa shape index (κ3) is 3.23. The molecule has 1 heterocycles. The van der Waals surface area contributed by atoms with Gasteiger partial charge in [0.25, 0.3) is 0 Å². The van der Waals surface area contributed by atoms with Crippen LogP contribution in [0.1, 0.15) is 18.4 Å². The average molecular weight is 248 g/mol. The zero-order chi connectivity index (χ0) is 13.0. The summed E-state index contributed by atoms with van der Waals surface area (Å²) in [6, 6.07) is 8.62. The third-order valence-corrected chi connectivity index (χ3v) is 3.42. The molecule has 1 aliphatic rings. The molecule has 0 saturated carbocycles. The Balaban J connectivity index is 1.98. The van der Waals surface area contributed by atoms with Crippen molar-refractivity contribution >= 4 is 11.7 Å². The molecule has 98 valence electrons. The Kier molecular flexibility index (Phi) is 4.20. The average Bonchev–Trinajstić information content (AvgIpc) is 2.37. The van der Waals surface area contributed by atoms with Crippen molar-refractivity contribution < 1.29 is 9.90 Å². The number of aliphatic carboxylic acids is 1. The Hall–Kier alpha value is -1.55. The van der Waals surface area contributed by atoms with Gasteiger partial charge in [0.1, 0.15) is 0 Å². The van der Waals surface area contributed by atoms with Crippen LogP contribution < -0.4 is 10.2 Å². The summed E-state index contributed by atoms with van der Waals surface area (Å²) >= 11 is 0. The van der Waals surface area contributed by atoms with Gasteiger partial charge in [0, 0.05) is 37.8 Å². The zero-order valence-corrected chi connectivity index (χ0v) is 10.7. The fourth-order valence-electron chi connectivity index (χ4n) is 2.45. The monoisotopic (exact) mass is 248 g/mol. The highest BCUT2D eigenvalue weighted by molar-refractivity contribution is 5.66. The van der Waals surface area contributed by atoms with Crippen molar-refractivity contribution in [3.63, 3.8) is 0 Å².